The first-order chi connectivity index (χ1) is 21.0. The molecule has 2 aliphatic heterocycles. The maximum Gasteiger partial charge on any atom is 0.161 e. The summed E-state index contributed by atoms with van der Waals surface area (Å²) in [5.41, 5.74) is 6.97. The molecule has 0 atom stereocenters. The summed E-state index contributed by atoms with van der Waals surface area (Å²) >= 11 is 0. The van der Waals surface area contributed by atoms with Crippen LogP contribution in [0.25, 0.3) is 21.5 Å². The third kappa shape index (κ3) is 4.91. The average Bonchev–Trinajstić information content (AvgIpc) is 3.03. The van der Waals surface area contributed by atoms with Crippen LogP contribution >= 0.6 is 0 Å². The Balaban J connectivity index is 0.931. The van der Waals surface area contributed by atoms with Crippen molar-refractivity contribution in [2.45, 2.75) is 19.5 Å². The van der Waals surface area contributed by atoms with Crippen molar-refractivity contribution < 1.29 is 19.7 Å². The van der Waals surface area contributed by atoms with E-state index in [1.165, 1.54) is 11.1 Å². The highest BCUT2D eigenvalue weighted by Gasteiger charge is 2.20. The molecule has 0 spiro atoms. The minimum Gasteiger partial charge on any atom is -0.508 e. The van der Waals surface area contributed by atoms with Gasteiger partial charge in [0, 0.05) is 35.6 Å². The van der Waals surface area contributed by atoms with Crippen molar-refractivity contribution in [3.8, 4) is 23.0 Å². The van der Waals surface area contributed by atoms with Crippen LogP contribution in [-0.2, 0) is 19.5 Å². The van der Waals surface area contributed by atoms with Crippen molar-refractivity contribution >= 4 is 32.9 Å². The molecule has 6 nitrogen and oxygen atoms in total. The lowest BCUT2D eigenvalue weighted by atomic mass is 10.0. The van der Waals surface area contributed by atoms with E-state index < -0.39 is 0 Å². The van der Waals surface area contributed by atoms with Crippen molar-refractivity contribution in [1.82, 2.24) is 0 Å². The van der Waals surface area contributed by atoms with Crippen LogP contribution in [0.15, 0.2) is 109 Å². The van der Waals surface area contributed by atoms with Gasteiger partial charge in [-0.3, -0.25) is 0 Å². The molecule has 212 valence electrons. The number of anilines is 2. The van der Waals surface area contributed by atoms with Crippen LogP contribution < -0.4 is 19.3 Å². The van der Waals surface area contributed by atoms with Crippen LogP contribution in [0.3, 0.4) is 0 Å². The molecule has 0 unspecified atom stereocenters. The van der Waals surface area contributed by atoms with Crippen LogP contribution in [0.4, 0.5) is 11.4 Å². The molecule has 6 heteroatoms. The summed E-state index contributed by atoms with van der Waals surface area (Å²) < 4.78 is 12.2. The molecule has 6 aromatic carbocycles. The fourth-order valence-corrected chi connectivity index (χ4v) is 6.15. The quantitative estimate of drug-likeness (QED) is 0.228. The number of benzene rings is 6. The highest BCUT2D eigenvalue weighted by atomic mass is 16.5. The molecule has 43 heavy (non-hydrogen) atoms. The van der Waals surface area contributed by atoms with Gasteiger partial charge in [-0.1, -0.05) is 36.4 Å². The lowest BCUT2D eigenvalue weighted by Gasteiger charge is -2.31. The number of nitrogens with zero attached hydrogens (tertiary/aromatic N) is 2. The molecule has 0 aliphatic carbocycles. The van der Waals surface area contributed by atoms with Crippen molar-refractivity contribution in [2.24, 2.45) is 0 Å². The van der Waals surface area contributed by atoms with E-state index in [9.17, 15) is 10.2 Å². The summed E-state index contributed by atoms with van der Waals surface area (Å²) in [7, 11) is 0. The Morgan fingerprint density at radius 2 is 0.930 bits per heavy atom. The lowest BCUT2D eigenvalue weighted by Crippen LogP contribution is -2.31. The smallest absolute Gasteiger partial charge is 0.161 e. The van der Waals surface area contributed by atoms with Crippen molar-refractivity contribution in [1.29, 1.82) is 0 Å². The summed E-state index contributed by atoms with van der Waals surface area (Å²) in [6.07, 6.45) is 0.851. The van der Waals surface area contributed by atoms with E-state index in [-0.39, 0.29) is 11.5 Å². The predicted molar refractivity (Wildman–Crippen MR) is 170 cm³/mol. The molecule has 0 amide bonds. The van der Waals surface area contributed by atoms with Gasteiger partial charge in [-0.25, -0.2) is 0 Å². The van der Waals surface area contributed by atoms with Crippen LogP contribution in [-0.4, -0.2) is 23.7 Å². The first kappa shape index (κ1) is 25.4. The number of rotatable bonds is 4. The van der Waals surface area contributed by atoms with Gasteiger partial charge in [-0.05, 0) is 112 Å². The number of phenols is 2. The first-order valence-corrected chi connectivity index (χ1v) is 14.5. The summed E-state index contributed by atoms with van der Waals surface area (Å²) in [5.74, 6) is 2.36. The van der Waals surface area contributed by atoms with E-state index >= 15 is 0 Å². The van der Waals surface area contributed by atoms with Gasteiger partial charge in [0.25, 0.3) is 0 Å². The Bertz CT molecular complexity index is 1840. The van der Waals surface area contributed by atoms with Gasteiger partial charge in [-0.15, -0.1) is 0 Å². The van der Waals surface area contributed by atoms with Gasteiger partial charge in [0.2, 0.25) is 0 Å². The van der Waals surface area contributed by atoms with E-state index in [2.05, 4.69) is 82.6 Å². The first-order valence-electron chi connectivity index (χ1n) is 14.5. The second-order valence-electron chi connectivity index (χ2n) is 11.4. The second-order valence-corrected chi connectivity index (χ2v) is 11.4. The topological polar surface area (TPSA) is 65.4 Å². The van der Waals surface area contributed by atoms with Crippen LogP contribution in [0, 0.1) is 0 Å². The Kier molecular flexibility index (Phi) is 6.00. The SMILES string of the molecule is Oc1ccc2cc3c(cc2c1)CN(c1ccc(Cc2ccc(N4COc5cc6ccc(O)cc6cc5C4)cc2)cc1)CO3. The average molecular weight is 567 g/mol. The summed E-state index contributed by atoms with van der Waals surface area (Å²) in [6.45, 7) is 2.51. The number of phenolic OH excluding ortho intramolecular Hbond substituents is 2. The maximum absolute atomic E-state index is 9.88. The van der Waals surface area contributed by atoms with Crippen molar-refractivity contribution in [3.63, 3.8) is 0 Å². The number of hydrogen-bond donors (Lipinski definition) is 2. The van der Waals surface area contributed by atoms with E-state index in [4.69, 9.17) is 9.47 Å². The Labute approximate surface area is 249 Å². The second kappa shape index (κ2) is 10.2. The van der Waals surface area contributed by atoms with Gasteiger partial charge in [0.05, 0.1) is 0 Å². The molecule has 8 rings (SSSR count). The molecule has 0 saturated carbocycles. The predicted octanol–water partition coefficient (Wildman–Crippen LogP) is 7.71. The largest absolute Gasteiger partial charge is 0.508 e. The van der Waals surface area contributed by atoms with Gasteiger partial charge in [0.15, 0.2) is 13.5 Å². The molecule has 2 aliphatic rings. The summed E-state index contributed by atoms with van der Waals surface area (Å²) in [5, 5.41) is 23.9. The zero-order chi connectivity index (χ0) is 28.9. The van der Waals surface area contributed by atoms with Crippen LogP contribution in [0.5, 0.6) is 23.0 Å². The van der Waals surface area contributed by atoms with Crippen molar-refractivity contribution in [3.05, 3.63) is 131 Å². The molecular formula is C37H30N2O4. The molecule has 0 bridgehead atoms. The zero-order valence-electron chi connectivity index (χ0n) is 23.5. The standard InChI is InChI=1S/C37H30N2O4/c40-34-11-5-26-18-36-30(14-28(26)16-34)20-38(22-42-36)32-7-1-24(2-8-32)13-25-3-9-33(10-4-25)39-21-31-15-29-17-35(41)12-6-27(29)19-37(31)43-23-39/h1-12,14-19,40-41H,13,20-23H2. The Morgan fingerprint density at radius 1 is 0.488 bits per heavy atom. The van der Waals surface area contributed by atoms with Crippen molar-refractivity contribution in [2.75, 3.05) is 23.3 Å². The molecule has 0 aromatic heterocycles. The number of ether oxygens (including phenoxy) is 2. The zero-order valence-corrected chi connectivity index (χ0v) is 23.5. The molecule has 2 N–H and O–H groups in total. The molecule has 0 radical (unpaired) electrons. The normalized spacial score (nSPS) is 14.2. The molecule has 2 heterocycles. The van der Waals surface area contributed by atoms with Crippen LogP contribution in [0.1, 0.15) is 22.3 Å². The van der Waals surface area contributed by atoms with E-state index in [0.717, 1.165) is 75.1 Å². The fraction of sp³-hybridized carbons (Fsp3) is 0.135. The number of aromatic hydroxyl groups is 2. The van der Waals surface area contributed by atoms with E-state index in [1.807, 2.05) is 12.1 Å². The third-order valence-corrected chi connectivity index (χ3v) is 8.49. The van der Waals surface area contributed by atoms with E-state index in [0.29, 0.717) is 13.5 Å². The molecular weight excluding hydrogens is 536 g/mol. The Hall–Kier alpha value is -5.36. The fourth-order valence-electron chi connectivity index (χ4n) is 6.15. The van der Waals surface area contributed by atoms with Gasteiger partial charge < -0.3 is 29.5 Å². The molecule has 0 saturated heterocycles. The summed E-state index contributed by atoms with van der Waals surface area (Å²) in [4.78, 5) is 4.44. The minimum atomic E-state index is 0.272. The van der Waals surface area contributed by atoms with Gasteiger partial charge in [-0.2, -0.15) is 0 Å². The van der Waals surface area contributed by atoms with Gasteiger partial charge in [0.1, 0.15) is 23.0 Å². The maximum atomic E-state index is 9.88. The molecule has 0 fully saturated rings. The third-order valence-electron chi connectivity index (χ3n) is 8.49. The highest BCUT2D eigenvalue weighted by molar-refractivity contribution is 5.87. The Morgan fingerprint density at radius 3 is 1.37 bits per heavy atom. The highest BCUT2D eigenvalue weighted by Crippen LogP contribution is 2.35. The van der Waals surface area contributed by atoms with Gasteiger partial charge >= 0.3 is 0 Å². The van der Waals surface area contributed by atoms with E-state index in [1.54, 1.807) is 24.3 Å². The monoisotopic (exact) mass is 566 g/mol. The van der Waals surface area contributed by atoms with Crippen LogP contribution in [0.2, 0.25) is 0 Å². The number of hydrogen-bond acceptors (Lipinski definition) is 6. The number of fused-ring (bicyclic) bond motifs is 4. The lowest BCUT2D eigenvalue weighted by molar-refractivity contribution is 0.290. The summed E-state index contributed by atoms with van der Waals surface area (Å²) in [6, 6.07) is 36.6. The molecule has 6 aromatic rings. The minimum absolute atomic E-state index is 0.272.